The molecule has 0 radical (unpaired) electrons. The molecule has 112 valence electrons. The largest absolute Gasteiger partial charge is 0.379 e. The molecule has 1 aliphatic rings. The summed E-state index contributed by atoms with van der Waals surface area (Å²) in [6.45, 7) is 6.70. The quantitative estimate of drug-likeness (QED) is 0.565. The molecule has 0 aromatic carbocycles. The molecule has 1 saturated carbocycles. The van der Waals surface area contributed by atoms with Gasteiger partial charge in [0.15, 0.2) is 0 Å². The Labute approximate surface area is 117 Å². The molecule has 0 aromatic heterocycles. The van der Waals surface area contributed by atoms with Gasteiger partial charge < -0.3 is 15.8 Å². The molecule has 4 nitrogen and oxygen atoms in total. The van der Waals surface area contributed by atoms with Crippen LogP contribution < -0.4 is 11.1 Å². The lowest BCUT2D eigenvalue weighted by atomic mass is 9.78. The summed E-state index contributed by atoms with van der Waals surface area (Å²) in [5.41, 5.74) is 5.49. The molecule has 19 heavy (non-hydrogen) atoms. The summed E-state index contributed by atoms with van der Waals surface area (Å²) in [5.74, 6) is 0.882. The van der Waals surface area contributed by atoms with Crippen molar-refractivity contribution in [3.8, 4) is 0 Å². The number of nitrogens with two attached hydrogens (primary N) is 1. The molecular formula is C15H30N2O2. The van der Waals surface area contributed by atoms with Crippen LogP contribution in [0.4, 0.5) is 0 Å². The van der Waals surface area contributed by atoms with Crippen molar-refractivity contribution in [1.82, 2.24) is 5.32 Å². The highest BCUT2D eigenvalue weighted by Gasteiger charge is 2.34. The van der Waals surface area contributed by atoms with E-state index < -0.39 is 0 Å². The first kappa shape index (κ1) is 16.4. The van der Waals surface area contributed by atoms with Crippen LogP contribution in [0.3, 0.4) is 0 Å². The Morgan fingerprint density at radius 1 is 1.32 bits per heavy atom. The van der Waals surface area contributed by atoms with E-state index in [1.807, 2.05) is 0 Å². The van der Waals surface area contributed by atoms with E-state index in [-0.39, 0.29) is 11.3 Å². The van der Waals surface area contributed by atoms with Crippen LogP contribution in [0.2, 0.25) is 0 Å². The number of hydrogen-bond donors (Lipinski definition) is 2. The molecule has 3 N–H and O–H groups in total. The van der Waals surface area contributed by atoms with Crippen LogP contribution in [0.1, 0.15) is 52.4 Å². The second kappa shape index (κ2) is 8.54. The van der Waals surface area contributed by atoms with Crippen LogP contribution in [-0.4, -0.2) is 32.2 Å². The zero-order valence-electron chi connectivity index (χ0n) is 12.5. The van der Waals surface area contributed by atoms with Gasteiger partial charge in [0, 0.05) is 19.7 Å². The van der Waals surface area contributed by atoms with Gasteiger partial charge in [-0.2, -0.15) is 0 Å². The molecule has 1 aliphatic carbocycles. The highest BCUT2D eigenvalue weighted by Crippen LogP contribution is 2.29. The molecule has 1 amide bonds. The fraction of sp³-hybridized carbons (Fsp3) is 0.933. The van der Waals surface area contributed by atoms with Gasteiger partial charge in [0.2, 0.25) is 5.91 Å². The number of nitrogens with one attached hydrogen (secondary N) is 1. The fourth-order valence-corrected chi connectivity index (χ4v) is 2.56. The zero-order valence-corrected chi connectivity index (χ0v) is 12.5. The van der Waals surface area contributed by atoms with Gasteiger partial charge >= 0.3 is 0 Å². The summed E-state index contributed by atoms with van der Waals surface area (Å²) in [4.78, 5) is 12.3. The molecule has 0 bridgehead atoms. The van der Waals surface area contributed by atoms with Crippen molar-refractivity contribution in [2.24, 2.45) is 17.1 Å². The third-order valence-corrected chi connectivity index (χ3v) is 3.91. The van der Waals surface area contributed by atoms with Gasteiger partial charge in [-0.15, -0.1) is 0 Å². The Kier molecular flexibility index (Phi) is 7.39. The normalized spacial score (nSPS) is 15.5. The Morgan fingerprint density at radius 3 is 2.42 bits per heavy atom. The van der Waals surface area contributed by atoms with Gasteiger partial charge in [-0.25, -0.2) is 0 Å². The summed E-state index contributed by atoms with van der Waals surface area (Å²) in [6.07, 6.45) is 6.31. The highest BCUT2D eigenvalue weighted by molar-refractivity contribution is 5.82. The van der Waals surface area contributed by atoms with Gasteiger partial charge in [-0.1, -0.05) is 26.7 Å². The Balaban J connectivity index is 2.28. The van der Waals surface area contributed by atoms with Crippen molar-refractivity contribution in [2.75, 3.05) is 26.3 Å². The average Bonchev–Trinajstić information content (AvgIpc) is 3.21. The standard InChI is InChI=1S/C15H30N2O2/c1-3-7-15(12-16,8-4-2)14(18)17-9-10-19-11-13-5-6-13/h13H,3-12,16H2,1-2H3,(H,17,18). The fourth-order valence-electron chi connectivity index (χ4n) is 2.56. The summed E-state index contributed by atoms with van der Waals surface area (Å²) in [5, 5.41) is 2.99. The molecule has 0 atom stereocenters. The topological polar surface area (TPSA) is 64.4 Å². The van der Waals surface area contributed by atoms with Crippen molar-refractivity contribution >= 4 is 5.91 Å². The van der Waals surface area contributed by atoms with Crippen LogP contribution in [0, 0.1) is 11.3 Å². The predicted molar refractivity (Wildman–Crippen MR) is 77.9 cm³/mol. The third-order valence-electron chi connectivity index (χ3n) is 3.91. The van der Waals surface area contributed by atoms with Crippen LogP contribution >= 0.6 is 0 Å². The Hall–Kier alpha value is -0.610. The minimum absolute atomic E-state index is 0.105. The van der Waals surface area contributed by atoms with E-state index in [4.69, 9.17) is 10.5 Å². The van der Waals surface area contributed by atoms with E-state index in [1.165, 1.54) is 12.8 Å². The summed E-state index contributed by atoms with van der Waals surface area (Å²) < 4.78 is 5.53. The van der Waals surface area contributed by atoms with E-state index in [0.29, 0.717) is 19.7 Å². The first-order valence-corrected chi connectivity index (χ1v) is 7.74. The van der Waals surface area contributed by atoms with E-state index in [0.717, 1.165) is 38.2 Å². The van der Waals surface area contributed by atoms with Crippen molar-refractivity contribution in [3.05, 3.63) is 0 Å². The van der Waals surface area contributed by atoms with Gasteiger partial charge in [-0.05, 0) is 31.6 Å². The molecule has 0 spiro atoms. The smallest absolute Gasteiger partial charge is 0.227 e. The number of hydrogen-bond acceptors (Lipinski definition) is 3. The Bertz CT molecular complexity index is 259. The number of carbonyl (C=O) groups excluding carboxylic acids is 1. The molecule has 0 unspecified atom stereocenters. The van der Waals surface area contributed by atoms with Crippen LogP contribution in [0.25, 0.3) is 0 Å². The first-order chi connectivity index (χ1) is 9.18. The molecule has 0 aliphatic heterocycles. The van der Waals surface area contributed by atoms with Gasteiger partial charge in [0.1, 0.15) is 0 Å². The van der Waals surface area contributed by atoms with Crippen molar-refractivity contribution in [2.45, 2.75) is 52.4 Å². The van der Waals surface area contributed by atoms with Crippen LogP contribution in [0.5, 0.6) is 0 Å². The average molecular weight is 270 g/mol. The molecule has 1 fully saturated rings. The van der Waals surface area contributed by atoms with E-state index in [2.05, 4.69) is 19.2 Å². The van der Waals surface area contributed by atoms with Crippen molar-refractivity contribution in [3.63, 3.8) is 0 Å². The van der Waals surface area contributed by atoms with Gasteiger partial charge in [-0.3, -0.25) is 4.79 Å². The molecule has 1 rings (SSSR count). The SMILES string of the molecule is CCCC(CN)(CCC)C(=O)NCCOCC1CC1. The predicted octanol–water partition coefficient (Wildman–Crippen LogP) is 2.07. The minimum atomic E-state index is -0.375. The highest BCUT2D eigenvalue weighted by atomic mass is 16.5. The second-order valence-corrected chi connectivity index (χ2v) is 5.76. The van der Waals surface area contributed by atoms with Crippen molar-refractivity contribution in [1.29, 1.82) is 0 Å². The first-order valence-electron chi connectivity index (χ1n) is 7.74. The van der Waals surface area contributed by atoms with Gasteiger partial charge in [0.05, 0.1) is 12.0 Å². The van der Waals surface area contributed by atoms with Gasteiger partial charge in [0.25, 0.3) is 0 Å². The van der Waals surface area contributed by atoms with Crippen molar-refractivity contribution < 1.29 is 9.53 Å². The monoisotopic (exact) mass is 270 g/mol. The lowest BCUT2D eigenvalue weighted by Gasteiger charge is -2.30. The summed E-state index contributed by atoms with van der Waals surface area (Å²) in [7, 11) is 0. The number of amides is 1. The zero-order chi connectivity index (χ0) is 14.1. The second-order valence-electron chi connectivity index (χ2n) is 5.76. The lowest BCUT2D eigenvalue weighted by Crippen LogP contribution is -2.46. The number of rotatable bonds is 11. The molecular weight excluding hydrogens is 240 g/mol. The number of carbonyl (C=O) groups is 1. The molecule has 4 heteroatoms. The van der Waals surface area contributed by atoms with Crippen LogP contribution in [0.15, 0.2) is 0 Å². The maximum atomic E-state index is 12.3. The van der Waals surface area contributed by atoms with E-state index in [1.54, 1.807) is 0 Å². The molecule has 0 aromatic rings. The Morgan fingerprint density at radius 2 is 1.95 bits per heavy atom. The van der Waals surface area contributed by atoms with E-state index >= 15 is 0 Å². The summed E-state index contributed by atoms with van der Waals surface area (Å²) in [6, 6.07) is 0. The maximum absolute atomic E-state index is 12.3. The summed E-state index contributed by atoms with van der Waals surface area (Å²) >= 11 is 0. The minimum Gasteiger partial charge on any atom is -0.379 e. The lowest BCUT2D eigenvalue weighted by molar-refractivity contribution is -0.131. The maximum Gasteiger partial charge on any atom is 0.227 e. The number of ether oxygens (including phenoxy) is 1. The third kappa shape index (κ3) is 5.49. The molecule has 0 saturated heterocycles. The molecule has 0 heterocycles. The van der Waals surface area contributed by atoms with Crippen LogP contribution in [-0.2, 0) is 9.53 Å². The van der Waals surface area contributed by atoms with E-state index in [9.17, 15) is 4.79 Å².